The molecule has 1 heterocycles. The Morgan fingerprint density at radius 3 is 2.62 bits per heavy atom. The van der Waals surface area contributed by atoms with Gasteiger partial charge in [-0.25, -0.2) is 4.98 Å². The molecule has 0 atom stereocenters. The zero-order valence-corrected chi connectivity index (χ0v) is 11.2. The fraction of sp³-hybridized carbons (Fsp3) is 0.308. The van der Waals surface area contributed by atoms with Crippen molar-refractivity contribution in [2.45, 2.75) is 26.0 Å². The minimum absolute atomic E-state index is 0.784. The van der Waals surface area contributed by atoms with E-state index in [0.29, 0.717) is 0 Å². The van der Waals surface area contributed by atoms with Crippen molar-refractivity contribution in [1.29, 1.82) is 0 Å². The average molecular weight is 249 g/mol. The maximum Gasteiger partial charge on any atom is 0.124 e. The van der Waals surface area contributed by atoms with Crippen LogP contribution in [0.15, 0.2) is 24.3 Å². The highest BCUT2D eigenvalue weighted by Gasteiger charge is 2.11. The van der Waals surface area contributed by atoms with Crippen molar-refractivity contribution >= 4 is 24.0 Å². The Morgan fingerprint density at radius 1 is 1.31 bits per heavy atom. The van der Waals surface area contributed by atoms with Gasteiger partial charge in [-0.3, -0.25) is 0 Å². The molecule has 0 radical (unpaired) electrons. The maximum absolute atomic E-state index is 4.70. The molecule has 1 aromatic heterocycles. The van der Waals surface area contributed by atoms with Crippen molar-refractivity contribution in [3.8, 4) is 10.6 Å². The number of aromatic nitrogens is 1. The maximum atomic E-state index is 4.70. The molecular weight excluding hydrogens is 234 g/mol. The van der Waals surface area contributed by atoms with Gasteiger partial charge in [0.1, 0.15) is 5.01 Å². The van der Waals surface area contributed by atoms with E-state index in [1.807, 2.05) is 0 Å². The number of aryl methyl sites for hydroxylation is 2. The summed E-state index contributed by atoms with van der Waals surface area (Å²) >= 11 is 6.12. The fourth-order valence-electron chi connectivity index (χ4n) is 1.71. The molecule has 0 bridgehead atoms. The van der Waals surface area contributed by atoms with Crippen LogP contribution in [0.4, 0.5) is 0 Å². The van der Waals surface area contributed by atoms with Crippen molar-refractivity contribution in [1.82, 2.24) is 4.98 Å². The molecule has 0 spiro atoms. The first kappa shape index (κ1) is 11.7. The van der Waals surface area contributed by atoms with Crippen LogP contribution in [0.5, 0.6) is 0 Å². The lowest BCUT2D eigenvalue weighted by atomic mass is 10.1. The first-order valence-electron chi connectivity index (χ1n) is 5.41. The van der Waals surface area contributed by atoms with Gasteiger partial charge < -0.3 is 0 Å². The van der Waals surface area contributed by atoms with E-state index in [9.17, 15) is 0 Å². The predicted molar refractivity (Wildman–Crippen MR) is 74.4 cm³/mol. The first-order valence-corrected chi connectivity index (χ1v) is 6.86. The lowest BCUT2D eigenvalue weighted by Crippen LogP contribution is -1.85. The number of nitrogens with zero attached hydrogens (tertiary/aromatic N) is 1. The predicted octanol–water partition coefficient (Wildman–Crippen LogP) is 4.11. The van der Waals surface area contributed by atoms with E-state index in [1.165, 1.54) is 21.7 Å². The van der Waals surface area contributed by atoms with Gasteiger partial charge in [-0.2, -0.15) is 12.6 Å². The molecule has 1 nitrogen and oxygen atoms in total. The molecule has 2 rings (SSSR count). The van der Waals surface area contributed by atoms with Gasteiger partial charge in [-0.1, -0.05) is 31.2 Å². The van der Waals surface area contributed by atoms with Crippen molar-refractivity contribution in [3.05, 3.63) is 40.4 Å². The van der Waals surface area contributed by atoms with E-state index >= 15 is 0 Å². The van der Waals surface area contributed by atoms with Gasteiger partial charge in [-0.05, 0) is 18.9 Å². The molecule has 0 saturated heterocycles. The van der Waals surface area contributed by atoms with Crippen molar-refractivity contribution in [2.24, 2.45) is 0 Å². The van der Waals surface area contributed by atoms with E-state index in [-0.39, 0.29) is 0 Å². The van der Waals surface area contributed by atoms with Crippen molar-refractivity contribution < 1.29 is 0 Å². The summed E-state index contributed by atoms with van der Waals surface area (Å²) in [5, 5.41) is 1.12. The minimum atomic E-state index is 0.784. The average Bonchev–Trinajstić information content (AvgIpc) is 2.72. The normalized spacial score (nSPS) is 10.7. The van der Waals surface area contributed by atoms with Crippen LogP contribution in [0.1, 0.15) is 23.1 Å². The van der Waals surface area contributed by atoms with Gasteiger partial charge in [0.2, 0.25) is 0 Å². The second-order valence-electron chi connectivity index (χ2n) is 3.72. The third kappa shape index (κ3) is 2.15. The van der Waals surface area contributed by atoms with Crippen molar-refractivity contribution in [3.63, 3.8) is 0 Å². The quantitative estimate of drug-likeness (QED) is 0.808. The zero-order valence-electron chi connectivity index (χ0n) is 9.53. The number of rotatable bonds is 3. The number of thiazole rings is 1. The van der Waals surface area contributed by atoms with Gasteiger partial charge in [0.15, 0.2) is 0 Å². The Labute approximate surface area is 106 Å². The molecule has 2 aromatic rings. The van der Waals surface area contributed by atoms with Crippen LogP contribution in [0.3, 0.4) is 0 Å². The van der Waals surface area contributed by atoms with Crippen molar-refractivity contribution in [2.75, 3.05) is 0 Å². The Hall–Kier alpha value is -0.800. The topological polar surface area (TPSA) is 12.9 Å². The van der Waals surface area contributed by atoms with Crippen LogP contribution in [-0.2, 0) is 12.2 Å². The molecular formula is C13H15NS2. The molecule has 0 saturated carbocycles. The highest BCUT2D eigenvalue weighted by molar-refractivity contribution is 7.79. The molecule has 0 unspecified atom stereocenters. The fourth-order valence-corrected chi connectivity index (χ4v) is 3.19. The van der Waals surface area contributed by atoms with Crippen LogP contribution in [0.25, 0.3) is 10.6 Å². The standard InChI is InChI=1S/C13H15NS2/c1-3-11-12(8-15)16-13(14-11)10-7-5-4-6-9(10)2/h4-7,15H,3,8H2,1-2H3. The SMILES string of the molecule is CCc1nc(-c2ccccc2C)sc1CS. The second-order valence-corrected chi connectivity index (χ2v) is 5.12. The van der Waals surface area contributed by atoms with E-state index in [4.69, 9.17) is 4.98 Å². The van der Waals surface area contributed by atoms with Gasteiger partial charge in [0.25, 0.3) is 0 Å². The lowest BCUT2D eigenvalue weighted by molar-refractivity contribution is 1.04. The second kappa shape index (κ2) is 5.02. The number of benzene rings is 1. The lowest BCUT2D eigenvalue weighted by Gasteiger charge is -1.99. The summed E-state index contributed by atoms with van der Waals surface area (Å²) in [6.07, 6.45) is 0.984. The van der Waals surface area contributed by atoms with E-state index in [1.54, 1.807) is 11.3 Å². The summed E-state index contributed by atoms with van der Waals surface area (Å²) in [5.41, 5.74) is 3.72. The van der Waals surface area contributed by atoms with Gasteiger partial charge in [0, 0.05) is 16.2 Å². The Kier molecular flexibility index (Phi) is 3.66. The third-order valence-electron chi connectivity index (χ3n) is 2.63. The molecule has 84 valence electrons. The molecule has 0 aliphatic rings. The molecule has 0 aliphatic carbocycles. The smallest absolute Gasteiger partial charge is 0.124 e. The molecule has 0 N–H and O–H groups in total. The summed E-state index contributed by atoms with van der Waals surface area (Å²) < 4.78 is 0. The zero-order chi connectivity index (χ0) is 11.5. The van der Waals surface area contributed by atoms with E-state index < -0.39 is 0 Å². The highest BCUT2D eigenvalue weighted by Crippen LogP contribution is 2.31. The summed E-state index contributed by atoms with van der Waals surface area (Å²) in [5.74, 6) is 0.784. The minimum Gasteiger partial charge on any atom is -0.241 e. The van der Waals surface area contributed by atoms with Crippen LogP contribution >= 0.6 is 24.0 Å². The molecule has 16 heavy (non-hydrogen) atoms. The molecule has 0 amide bonds. The van der Waals surface area contributed by atoms with Crippen LogP contribution < -0.4 is 0 Å². The summed E-state index contributed by atoms with van der Waals surface area (Å²) in [4.78, 5) is 6.00. The molecule has 0 fully saturated rings. The van der Waals surface area contributed by atoms with Crippen LogP contribution in [0.2, 0.25) is 0 Å². The van der Waals surface area contributed by atoms with E-state index in [2.05, 4.69) is 50.7 Å². The monoisotopic (exact) mass is 249 g/mol. The number of thiol groups is 1. The van der Waals surface area contributed by atoms with E-state index in [0.717, 1.165) is 17.2 Å². The summed E-state index contributed by atoms with van der Waals surface area (Å²) in [6.45, 7) is 4.27. The first-order chi connectivity index (χ1) is 7.76. The Morgan fingerprint density at radius 2 is 2.06 bits per heavy atom. The van der Waals surface area contributed by atoms with Crippen LogP contribution in [-0.4, -0.2) is 4.98 Å². The Balaban J connectivity index is 2.49. The van der Waals surface area contributed by atoms with Gasteiger partial charge in [-0.15, -0.1) is 11.3 Å². The molecule has 3 heteroatoms. The summed E-state index contributed by atoms with van der Waals surface area (Å²) in [7, 11) is 0. The number of hydrogen-bond acceptors (Lipinski definition) is 3. The number of hydrogen-bond donors (Lipinski definition) is 1. The Bertz CT molecular complexity index is 467. The van der Waals surface area contributed by atoms with Gasteiger partial charge >= 0.3 is 0 Å². The van der Waals surface area contributed by atoms with Crippen LogP contribution in [0, 0.1) is 6.92 Å². The third-order valence-corrected chi connectivity index (χ3v) is 4.29. The van der Waals surface area contributed by atoms with Gasteiger partial charge in [0.05, 0.1) is 5.69 Å². The molecule has 1 aromatic carbocycles. The summed E-state index contributed by atoms with van der Waals surface area (Å²) in [6, 6.07) is 8.39. The molecule has 0 aliphatic heterocycles. The largest absolute Gasteiger partial charge is 0.241 e. The highest BCUT2D eigenvalue weighted by atomic mass is 32.1.